The number of aliphatic imine (C=N–C) groups is 1. The number of alkyl halides is 1. The van der Waals surface area contributed by atoms with Crippen molar-refractivity contribution >= 4 is 21.8 Å². The van der Waals surface area contributed by atoms with Gasteiger partial charge in [-0.25, -0.2) is 4.99 Å². The maximum atomic E-state index is 4.30. The second kappa shape index (κ2) is 2.48. The van der Waals surface area contributed by atoms with Crippen LogP contribution in [0, 0.1) is 0 Å². The lowest BCUT2D eigenvalue weighted by Crippen LogP contribution is -2.50. The number of halogens is 1. The van der Waals surface area contributed by atoms with Crippen LogP contribution in [0.5, 0.6) is 0 Å². The van der Waals surface area contributed by atoms with Crippen molar-refractivity contribution < 1.29 is 0 Å². The number of rotatable bonds is 0. The number of fused-ring (bicyclic) bond motifs is 1. The molecule has 0 radical (unpaired) electrons. The Hall–Kier alpha value is -0.130. The SMILES string of the molecule is BrC1N=C2CNCCN2N1. The smallest absolute Gasteiger partial charge is 0.174 e. The molecule has 0 aromatic heterocycles. The van der Waals surface area contributed by atoms with E-state index in [0.29, 0.717) is 0 Å². The van der Waals surface area contributed by atoms with E-state index in [1.165, 1.54) is 0 Å². The number of hydrazine groups is 1. The van der Waals surface area contributed by atoms with E-state index in [-0.39, 0.29) is 5.08 Å². The van der Waals surface area contributed by atoms with Gasteiger partial charge in [-0.2, -0.15) is 5.43 Å². The highest BCUT2D eigenvalue weighted by atomic mass is 79.9. The minimum atomic E-state index is 0.0856. The molecule has 0 aromatic rings. The zero-order valence-electron chi connectivity index (χ0n) is 5.47. The fourth-order valence-electron chi connectivity index (χ4n) is 1.16. The molecule has 1 fully saturated rings. The Morgan fingerprint density at radius 3 is 3.40 bits per heavy atom. The first-order valence-electron chi connectivity index (χ1n) is 3.31. The van der Waals surface area contributed by atoms with E-state index in [2.05, 4.69) is 36.7 Å². The van der Waals surface area contributed by atoms with Crippen LogP contribution in [0.4, 0.5) is 0 Å². The van der Waals surface area contributed by atoms with Crippen LogP contribution in [0.15, 0.2) is 4.99 Å². The molecule has 1 unspecified atom stereocenters. The number of amidine groups is 1. The zero-order chi connectivity index (χ0) is 6.97. The third kappa shape index (κ3) is 1.04. The molecule has 5 heteroatoms. The largest absolute Gasteiger partial charge is 0.308 e. The van der Waals surface area contributed by atoms with Gasteiger partial charge >= 0.3 is 0 Å². The summed E-state index contributed by atoms with van der Waals surface area (Å²) in [4.78, 5) is 4.30. The first-order valence-corrected chi connectivity index (χ1v) is 4.23. The average Bonchev–Trinajstić information content (AvgIpc) is 2.27. The van der Waals surface area contributed by atoms with Crippen LogP contribution in [0.1, 0.15) is 0 Å². The predicted octanol–water partition coefficient (Wildman–Crippen LogP) is -0.513. The number of nitrogens with one attached hydrogen (secondary N) is 2. The minimum absolute atomic E-state index is 0.0856. The minimum Gasteiger partial charge on any atom is -0.308 e. The Balaban J connectivity index is 2.10. The molecule has 0 saturated carbocycles. The molecule has 1 atom stereocenters. The standard InChI is InChI=1S/C5H9BrN4/c6-5-8-4-3-7-1-2-10(4)9-5/h5,7,9H,1-3H2. The van der Waals surface area contributed by atoms with Gasteiger partial charge in [-0.15, -0.1) is 0 Å². The lowest BCUT2D eigenvalue weighted by Gasteiger charge is -2.25. The van der Waals surface area contributed by atoms with Crippen molar-refractivity contribution in [1.29, 1.82) is 0 Å². The number of hydrogen-bond acceptors (Lipinski definition) is 4. The molecule has 10 heavy (non-hydrogen) atoms. The Bertz CT molecular complexity index is 169. The monoisotopic (exact) mass is 204 g/mol. The summed E-state index contributed by atoms with van der Waals surface area (Å²) >= 11 is 3.36. The van der Waals surface area contributed by atoms with Crippen molar-refractivity contribution in [2.75, 3.05) is 19.6 Å². The lowest BCUT2D eigenvalue weighted by molar-refractivity contribution is 0.311. The van der Waals surface area contributed by atoms with Crippen LogP contribution >= 0.6 is 15.9 Å². The molecule has 0 aliphatic carbocycles. The van der Waals surface area contributed by atoms with Gasteiger partial charge in [-0.3, -0.25) is 5.01 Å². The molecule has 56 valence electrons. The molecule has 2 heterocycles. The molecular weight excluding hydrogens is 196 g/mol. The van der Waals surface area contributed by atoms with Crippen LogP contribution in [0.25, 0.3) is 0 Å². The molecule has 4 nitrogen and oxygen atoms in total. The predicted molar refractivity (Wildman–Crippen MR) is 42.9 cm³/mol. The van der Waals surface area contributed by atoms with Gasteiger partial charge in [0.2, 0.25) is 0 Å². The first-order chi connectivity index (χ1) is 4.86. The van der Waals surface area contributed by atoms with Gasteiger partial charge in [-0.1, -0.05) is 0 Å². The summed E-state index contributed by atoms with van der Waals surface area (Å²) in [5.74, 6) is 1.10. The van der Waals surface area contributed by atoms with Crippen molar-refractivity contribution in [3.05, 3.63) is 0 Å². The van der Waals surface area contributed by atoms with Gasteiger partial charge in [0.25, 0.3) is 0 Å². The molecule has 2 N–H and O–H groups in total. The Morgan fingerprint density at radius 2 is 2.60 bits per heavy atom. The van der Waals surface area contributed by atoms with Gasteiger partial charge in [-0.05, 0) is 15.9 Å². The van der Waals surface area contributed by atoms with Crippen molar-refractivity contribution in [3.63, 3.8) is 0 Å². The van der Waals surface area contributed by atoms with E-state index >= 15 is 0 Å². The van der Waals surface area contributed by atoms with Gasteiger partial charge < -0.3 is 5.32 Å². The maximum absolute atomic E-state index is 4.30. The van der Waals surface area contributed by atoms with Crippen molar-refractivity contribution in [2.45, 2.75) is 5.08 Å². The molecule has 0 bridgehead atoms. The van der Waals surface area contributed by atoms with Gasteiger partial charge in [0.1, 0.15) is 5.84 Å². The lowest BCUT2D eigenvalue weighted by atomic mass is 10.4. The summed E-state index contributed by atoms with van der Waals surface area (Å²) in [7, 11) is 0. The summed E-state index contributed by atoms with van der Waals surface area (Å²) in [5.41, 5.74) is 3.16. The van der Waals surface area contributed by atoms with E-state index in [0.717, 1.165) is 25.5 Å². The van der Waals surface area contributed by atoms with E-state index in [1.54, 1.807) is 0 Å². The molecule has 0 spiro atoms. The summed E-state index contributed by atoms with van der Waals surface area (Å²) in [6.45, 7) is 2.92. The number of piperazine rings is 1. The van der Waals surface area contributed by atoms with Crippen LogP contribution < -0.4 is 10.7 Å². The first kappa shape index (κ1) is 6.57. The van der Waals surface area contributed by atoms with Crippen LogP contribution in [0.2, 0.25) is 0 Å². The molecule has 0 amide bonds. The van der Waals surface area contributed by atoms with Crippen LogP contribution in [-0.2, 0) is 0 Å². The van der Waals surface area contributed by atoms with Crippen molar-refractivity contribution in [2.24, 2.45) is 4.99 Å². The average molecular weight is 205 g/mol. The van der Waals surface area contributed by atoms with E-state index in [1.807, 2.05) is 0 Å². The fourth-order valence-corrected chi connectivity index (χ4v) is 1.64. The highest BCUT2D eigenvalue weighted by Crippen LogP contribution is 2.09. The van der Waals surface area contributed by atoms with Crippen LogP contribution in [-0.4, -0.2) is 35.6 Å². The molecular formula is C5H9BrN4. The highest BCUT2D eigenvalue weighted by molar-refractivity contribution is 9.09. The molecule has 2 rings (SSSR count). The van der Waals surface area contributed by atoms with E-state index < -0.39 is 0 Å². The maximum Gasteiger partial charge on any atom is 0.174 e. The molecule has 0 aromatic carbocycles. The number of hydrogen-bond donors (Lipinski definition) is 2. The molecule has 2 aliphatic heterocycles. The molecule has 2 aliphatic rings. The summed E-state index contributed by atoms with van der Waals surface area (Å²) in [6, 6.07) is 0. The Morgan fingerprint density at radius 1 is 1.70 bits per heavy atom. The third-order valence-corrected chi connectivity index (χ3v) is 2.04. The number of nitrogens with zero attached hydrogens (tertiary/aromatic N) is 2. The third-order valence-electron chi connectivity index (χ3n) is 1.63. The molecule has 1 saturated heterocycles. The quantitative estimate of drug-likeness (QED) is 0.413. The van der Waals surface area contributed by atoms with Gasteiger partial charge in [0.15, 0.2) is 5.08 Å². The topological polar surface area (TPSA) is 39.7 Å². The van der Waals surface area contributed by atoms with E-state index in [9.17, 15) is 0 Å². The van der Waals surface area contributed by atoms with Crippen molar-refractivity contribution in [1.82, 2.24) is 15.8 Å². The highest BCUT2D eigenvalue weighted by Gasteiger charge is 2.23. The normalized spacial score (nSPS) is 31.9. The zero-order valence-corrected chi connectivity index (χ0v) is 7.06. The Labute approximate surface area is 67.8 Å². The Kier molecular flexibility index (Phi) is 1.63. The summed E-state index contributed by atoms with van der Waals surface area (Å²) < 4.78 is 0. The van der Waals surface area contributed by atoms with E-state index in [4.69, 9.17) is 0 Å². The van der Waals surface area contributed by atoms with Gasteiger partial charge in [0, 0.05) is 13.1 Å². The second-order valence-corrected chi connectivity index (χ2v) is 3.21. The van der Waals surface area contributed by atoms with Crippen LogP contribution in [0.3, 0.4) is 0 Å². The fraction of sp³-hybridized carbons (Fsp3) is 0.800. The van der Waals surface area contributed by atoms with Crippen molar-refractivity contribution in [3.8, 4) is 0 Å². The second-order valence-electron chi connectivity index (χ2n) is 2.34. The summed E-state index contributed by atoms with van der Waals surface area (Å²) in [5, 5.41) is 5.41. The summed E-state index contributed by atoms with van der Waals surface area (Å²) in [6.07, 6.45) is 0. The van der Waals surface area contributed by atoms with Gasteiger partial charge in [0.05, 0.1) is 6.54 Å².